The molecule has 0 aliphatic carbocycles. The maximum atomic E-state index is 12.2. The van der Waals surface area contributed by atoms with Crippen LogP contribution in [0.3, 0.4) is 0 Å². The summed E-state index contributed by atoms with van der Waals surface area (Å²) < 4.78 is 15.9. The number of nitrogens with one attached hydrogen (secondary N) is 1. The number of carbonyl (C=O) groups excluding carboxylic acids is 2. The quantitative estimate of drug-likeness (QED) is 0.551. The Morgan fingerprint density at radius 2 is 1.93 bits per heavy atom. The fourth-order valence-electron chi connectivity index (χ4n) is 2.46. The van der Waals surface area contributed by atoms with E-state index in [1.165, 1.54) is 13.0 Å². The van der Waals surface area contributed by atoms with Crippen molar-refractivity contribution in [1.29, 1.82) is 0 Å². The van der Waals surface area contributed by atoms with E-state index in [9.17, 15) is 9.59 Å². The van der Waals surface area contributed by atoms with E-state index in [1.54, 1.807) is 37.5 Å². The average molecular weight is 383 g/mol. The van der Waals surface area contributed by atoms with Crippen molar-refractivity contribution in [2.45, 2.75) is 26.9 Å². The van der Waals surface area contributed by atoms with Gasteiger partial charge in [0.25, 0.3) is 5.91 Å². The van der Waals surface area contributed by atoms with E-state index >= 15 is 0 Å². The Balaban J connectivity index is 1.94. The number of amides is 1. The summed E-state index contributed by atoms with van der Waals surface area (Å²) in [5.74, 6) is 0.198. The molecule has 0 aliphatic rings. The first kappa shape index (κ1) is 21.0. The number of aryl methyl sites for hydroxylation is 1. The summed E-state index contributed by atoms with van der Waals surface area (Å²) in [5.41, 5.74) is 2.43. The minimum atomic E-state index is -0.924. The maximum Gasteiger partial charge on any atom is 0.331 e. The maximum absolute atomic E-state index is 12.2. The summed E-state index contributed by atoms with van der Waals surface area (Å²) in [5, 5.41) is 2.72. The van der Waals surface area contributed by atoms with Gasteiger partial charge in [-0.15, -0.1) is 0 Å². The van der Waals surface area contributed by atoms with Crippen molar-refractivity contribution < 1.29 is 23.8 Å². The Bertz CT molecular complexity index is 860. The lowest BCUT2D eigenvalue weighted by Crippen LogP contribution is -2.29. The second-order valence-electron chi connectivity index (χ2n) is 6.11. The lowest BCUT2D eigenvalue weighted by molar-refractivity contribution is -0.148. The van der Waals surface area contributed by atoms with Crippen LogP contribution in [0.2, 0.25) is 0 Å². The predicted octanol–water partition coefficient (Wildman–Crippen LogP) is 3.99. The summed E-state index contributed by atoms with van der Waals surface area (Å²) in [6.45, 7) is 5.87. The molecule has 0 unspecified atom stereocenters. The van der Waals surface area contributed by atoms with E-state index in [0.717, 1.165) is 11.1 Å². The number of anilines is 1. The van der Waals surface area contributed by atoms with Crippen molar-refractivity contribution in [3.63, 3.8) is 0 Å². The van der Waals surface area contributed by atoms with Gasteiger partial charge in [-0.3, -0.25) is 4.79 Å². The first-order valence-electron chi connectivity index (χ1n) is 9.00. The number of hydrogen-bond acceptors (Lipinski definition) is 5. The molecule has 0 spiro atoms. The van der Waals surface area contributed by atoms with Gasteiger partial charge in [0.05, 0.1) is 13.7 Å². The van der Waals surface area contributed by atoms with Gasteiger partial charge < -0.3 is 19.5 Å². The summed E-state index contributed by atoms with van der Waals surface area (Å²) in [4.78, 5) is 24.2. The molecular formula is C22H25NO5. The molecule has 148 valence electrons. The number of hydrogen-bond donors (Lipinski definition) is 1. The number of rotatable bonds is 8. The Labute approximate surface area is 165 Å². The van der Waals surface area contributed by atoms with Crippen LogP contribution in [0.4, 0.5) is 5.69 Å². The molecule has 1 atom stereocenters. The molecule has 2 aromatic rings. The van der Waals surface area contributed by atoms with Crippen LogP contribution in [0.25, 0.3) is 6.08 Å². The molecule has 0 fully saturated rings. The molecule has 2 aromatic carbocycles. The highest BCUT2D eigenvalue weighted by atomic mass is 16.5. The van der Waals surface area contributed by atoms with Gasteiger partial charge in [0.1, 0.15) is 0 Å². The van der Waals surface area contributed by atoms with Gasteiger partial charge in [-0.1, -0.05) is 18.2 Å². The third-order valence-corrected chi connectivity index (χ3v) is 3.85. The largest absolute Gasteiger partial charge is 0.493 e. The van der Waals surface area contributed by atoms with E-state index in [-0.39, 0.29) is 0 Å². The van der Waals surface area contributed by atoms with Gasteiger partial charge in [0, 0.05) is 11.8 Å². The molecule has 0 saturated carbocycles. The minimum absolute atomic E-state index is 0.393. The number of ether oxygens (including phenoxy) is 3. The van der Waals surface area contributed by atoms with Gasteiger partial charge in [-0.05, 0) is 62.2 Å². The minimum Gasteiger partial charge on any atom is -0.493 e. The zero-order valence-corrected chi connectivity index (χ0v) is 16.5. The van der Waals surface area contributed by atoms with Crippen molar-refractivity contribution >= 4 is 23.6 Å². The second kappa shape index (κ2) is 10.2. The van der Waals surface area contributed by atoms with E-state index in [1.807, 2.05) is 32.0 Å². The van der Waals surface area contributed by atoms with Crippen LogP contribution in [0.15, 0.2) is 48.5 Å². The zero-order chi connectivity index (χ0) is 20.5. The molecule has 0 aliphatic heterocycles. The van der Waals surface area contributed by atoms with Crippen LogP contribution in [-0.4, -0.2) is 31.7 Å². The molecule has 0 aromatic heterocycles. The van der Waals surface area contributed by atoms with Crippen molar-refractivity contribution in [3.05, 3.63) is 59.7 Å². The normalized spacial score (nSPS) is 11.7. The van der Waals surface area contributed by atoms with Gasteiger partial charge >= 0.3 is 5.97 Å². The van der Waals surface area contributed by atoms with Crippen molar-refractivity contribution in [2.75, 3.05) is 19.0 Å². The van der Waals surface area contributed by atoms with Gasteiger partial charge in [0.15, 0.2) is 17.6 Å². The molecule has 6 nitrogen and oxygen atoms in total. The van der Waals surface area contributed by atoms with Crippen molar-refractivity contribution in [2.24, 2.45) is 0 Å². The first-order chi connectivity index (χ1) is 13.4. The number of methoxy groups -OCH3 is 1. The third-order valence-electron chi connectivity index (χ3n) is 3.85. The lowest BCUT2D eigenvalue weighted by Gasteiger charge is -2.12. The zero-order valence-electron chi connectivity index (χ0n) is 16.5. The topological polar surface area (TPSA) is 73.9 Å². The monoisotopic (exact) mass is 383 g/mol. The second-order valence-corrected chi connectivity index (χ2v) is 6.11. The molecule has 0 heterocycles. The van der Waals surface area contributed by atoms with Crippen LogP contribution < -0.4 is 14.8 Å². The van der Waals surface area contributed by atoms with Gasteiger partial charge in [-0.25, -0.2) is 4.79 Å². The Hall–Kier alpha value is -3.28. The highest BCUT2D eigenvalue weighted by molar-refractivity contribution is 5.96. The van der Waals surface area contributed by atoms with E-state index in [0.29, 0.717) is 23.8 Å². The average Bonchev–Trinajstić information content (AvgIpc) is 2.67. The number of carbonyl (C=O) groups is 2. The molecule has 0 saturated heterocycles. The van der Waals surface area contributed by atoms with E-state index < -0.39 is 18.0 Å². The highest BCUT2D eigenvalue weighted by Crippen LogP contribution is 2.28. The highest BCUT2D eigenvalue weighted by Gasteiger charge is 2.16. The SMILES string of the molecule is CCOc1ccc(/C=C/C(=O)O[C@@H](C)C(=O)Nc2cccc(C)c2)cc1OC. The standard InChI is InChI=1S/C22H25NO5/c1-5-27-19-11-9-17(14-20(19)26-4)10-12-21(24)28-16(3)22(25)23-18-8-6-7-15(2)13-18/h6-14,16H,5H2,1-4H3,(H,23,25)/b12-10+/t16-/m0/s1. The molecule has 1 N–H and O–H groups in total. The number of benzene rings is 2. The van der Waals surface area contributed by atoms with Gasteiger partial charge in [0.2, 0.25) is 0 Å². The summed E-state index contributed by atoms with van der Waals surface area (Å²) in [6, 6.07) is 12.7. The molecule has 0 radical (unpaired) electrons. The van der Waals surface area contributed by atoms with E-state index in [2.05, 4.69) is 5.32 Å². The van der Waals surface area contributed by atoms with E-state index in [4.69, 9.17) is 14.2 Å². The third kappa shape index (κ3) is 6.16. The predicted molar refractivity (Wildman–Crippen MR) is 109 cm³/mol. The molecular weight excluding hydrogens is 358 g/mol. The van der Waals surface area contributed by atoms with Crippen molar-refractivity contribution in [3.8, 4) is 11.5 Å². The summed E-state index contributed by atoms with van der Waals surface area (Å²) in [7, 11) is 1.55. The Morgan fingerprint density at radius 1 is 1.14 bits per heavy atom. The summed E-state index contributed by atoms with van der Waals surface area (Å²) in [6.07, 6.45) is 1.93. The lowest BCUT2D eigenvalue weighted by atomic mass is 10.2. The van der Waals surface area contributed by atoms with Gasteiger partial charge in [-0.2, -0.15) is 0 Å². The molecule has 6 heteroatoms. The smallest absolute Gasteiger partial charge is 0.331 e. The van der Waals surface area contributed by atoms with Crippen molar-refractivity contribution in [1.82, 2.24) is 0 Å². The Kier molecular flexibility index (Phi) is 7.63. The molecule has 2 rings (SSSR count). The van der Waals surface area contributed by atoms with Crippen LogP contribution >= 0.6 is 0 Å². The van der Waals surface area contributed by atoms with Crippen LogP contribution in [-0.2, 0) is 14.3 Å². The molecule has 0 bridgehead atoms. The number of esters is 1. The van der Waals surface area contributed by atoms with Crippen LogP contribution in [0.5, 0.6) is 11.5 Å². The fraction of sp³-hybridized carbons (Fsp3) is 0.273. The molecule has 28 heavy (non-hydrogen) atoms. The Morgan fingerprint density at radius 3 is 2.61 bits per heavy atom. The van der Waals surface area contributed by atoms with Crippen LogP contribution in [0, 0.1) is 6.92 Å². The first-order valence-corrected chi connectivity index (χ1v) is 9.00. The fourth-order valence-corrected chi connectivity index (χ4v) is 2.46. The summed E-state index contributed by atoms with van der Waals surface area (Å²) >= 11 is 0. The van der Waals surface area contributed by atoms with Crippen LogP contribution in [0.1, 0.15) is 25.0 Å². The molecule has 1 amide bonds.